The van der Waals surface area contributed by atoms with Crippen molar-refractivity contribution < 1.29 is 19.7 Å². The standard InChI is InChI=1S/C10H10BrClO4/c1-16-10(15)9(14)8(13)5-2-3-7(12)6(11)4-5/h2-4,8-9,13-14H,1H3. The lowest BCUT2D eigenvalue weighted by atomic mass is 10.0. The molecule has 6 heteroatoms. The van der Waals surface area contributed by atoms with Crippen molar-refractivity contribution in [3.05, 3.63) is 33.3 Å². The summed E-state index contributed by atoms with van der Waals surface area (Å²) < 4.78 is 4.89. The van der Waals surface area contributed by atoms with Gasteiger partial charge in [0.25, 0.3) is 0 Å². The van der Waals surface area contributed by atoms with Crippen molar-refractivity contribution in [3.8, 4) is 0 Å². The zero-order valence-electron chi connectivity index (χ0n) is 8.35. The third kappa shape index (κ3) is 2.95. The lowest BCUT2D eigenvalue weighted by molar-refractivity contribution is -0.156. The molecule has 1 aromatic carbocycles. The lowest BCUT2D eigenvalue weighted by Crippen LogP contribution is -2.29. The number of carbonyl (C=O) groups is 1. The number of rotatable bonds is 3. The second-order valence-electron chi connectivity index (χ2n) is 3.09. The minimum Gasteiger partial charge on any atom is -0.467 e. The maximum atomic E-state index is 11.0. The number of aliphatic hydroxyl groups is 2. The number of esters is 1. The van der Waals surface area contributed by atoms with E-state index in [1.807, 2.05) is 0 Å². The molecule has 0 bridgehead atoms. The van der Waals surface area contributed by atoms with E-state index in [-0.39, 0.29) is 0 Å². The van der Waals surface area contributed by atoms with Gasteiger partial charge in [-0.05, 0) is 33.6 Å². The van der Waals surface area contributed by atoms with Gasteiger partial charge in [0.05, 0.1) is 12.1 Å². The van der Waals surface area contributed by atoms with Crippen LogP contribution in [-0.2, 0) is 9.53 Å². The van der Waals surface area contributed by atoms with Crippen LogP contribution in [0.3, 0.4) is 0 Å². The van der Waals surface area contributed by atoms with Crippen molar-refractivity contribution in [2.45, 2.75) is 12.2 Å². The summed E-state index contributed by atoms with van der Waals surface area (Å²) in [5.74, 6) is -0.890. The Balaban J connectivity index is 2.91. The second-order valence-corrected chi connectivity index (χ2v) is 4.35. The SMILES string of the molecule is COC(=O)C(O)C(O)c1ccc(Cl)c(Br)c1. The van der Waals surface area contributed by atoms with Gasteiger partial charge in [-0.15, -0.1) is 0 Å². The lowest BCUT2D eigenvalue weighted by Gasteiger charge is -2.16. The van der Waals surface area contributed by atoms with E-state index < -0.39 is 18.2 Å². The first-order valence-electron chi connectivity index (χ1n) is 4.36. The van der Waals surface area contributed by atoms with Crippen LogP contribution in [0.1, 0.15) is 11.7 Å². The molecule has 0 aliphatic rings. The molecule has 0 saturated carbocycles. The Kier molecular flexibility index (Phi) is 4.73. The van der Waals surface area contributed by atoms with Gasteiger partial charge in [-0.3, -0.25) is 0 Å². The molecule has 0 aliphatic heterocycles. The Morgan fingerprint density at radius 3 is 2.62 bits per heavy atom. The molecule has 0 fully saturated rings. The van der Waals surface area contributed by atoms with Gasteiger partial charge in [-0.1, -0.05) is 17.7 Å². The van der Waals surface area contributed by atoms with Crippen LogP contribution in [0.2, 0.25) is 5.02 Å². The Morgan fingerprint density at radius 1 is 1.50 bits per heavy atom. The van der Waals surface area contributed by atoms with Crippen LogP contribution in [0, 0.1) is 0 Å². The van der Waals surface area contributed by atoms with Crippen LogP contribution in [0.5, 0.6) is 0 Å². The monoisotopic (exact) mass is 308 g/mol. The molecule has 1 rings (SSSR count). The van der Waals surface area contributed by atoms with Crippen LogP contribution in [0.4, 0.5) is 0 Å². The largest absolute Gasteiger partial charge is 0.467 e. The van der Waals surface area contributed by atoms with E-state index in [9.17, 15) is 15.0 Å². The number of methoxy groups -OCH3 is 1. The number of hydrogen-bond donors (Lipinski definition) is 2. The topological polar surface area (TPSA) is 66.8 Å². The molecule has 2 unspecified atom stereocenters. The second kappa shape index (κ2) is 5.63. The summed E-state index contributed by atoms with van der Waals surface area (Å²) in [6, 6.07) is 4.59. The van der Waals surface area contributed by atoms with Gasteiger partial charge in [0.2, 0.25) is 0 Å². The van der Waals surface area contributed by atoms with E-state index in [4.69, 9.17) is 11.6 Å². The van der Waals surface area contributed by atoms with Gasteiger partial charge >= 0.3 is 5.97 Å². The van der Waals surface area contributed by atoms with Crippen LogP contribution in [-0.4, -0.2) is 29.4 Å². The van der Waals surface area contributed by atoms with E-state index in [0.29, 0.717) is 15.1 Å². The Morgan fingerprint density at radius 2 is 2.12 bits per heavy atom. The fourth-order valence-electron chi connectivity index (χ4n) is 1.13. The highest BCUT2D eigenvalue weighted by atomic mass is 79.9. The van der Waals surface area contributed by atoms with Crippen molar-refractivity contribution in [1.29, 1.82) is 0 Å². The van der Waals surface area contributed by atoms with E-state index in [0.717, 1.165) is 7.11 Å². The molecule has 0 saturated heterocycles. The highest BCUT2D eigenvalue weighted by Gasteiger charge is 2.26. The minimum absolute atomic E-state index is 0.370. The molecule has 4 nitrogen and oxygen atoms in total. The predicted molar refractivity (Wildman–Crippen MR) is 62.1 cm³/mol. The molecule has 2 atom stereocenters. The first-order chi connectivity index (χ1) is 7.47. The Bertz CT molecular complexity index is 396. The normalized spacial score (nSPS) is 14.3. The molecular formula is C10H10BrClO4. The smallest absolute Gasteiger partial charge is 0.337 e. The van der Waals surface area contributed by atoms with Crippen LogP contribution in [0.15, 0.2) is 22.7 Å². The van der Waals surface area contributed by atoms with Crippen molar-refractivity contribution in [2.24, 2.45) is 0 Å². The molecule has 2 N–H and O–H groups in total. The predicted octanol–water partition coefficient (Wildman–Crippen LogP) is 1.67. The van der Waals surface area contributed by atoms with Gasteiger partial charge < -0.3 is 14.9 Å². The van der Waals surface area contributed by atoms with Crippen LogP contribution < -0.4 is 0 Å². The molecule has 0 aromatic heterocycles. The number of ether oxygens (including phenoxy) is 1. The van der Waals surface area contributed by atoms with Gasteiger partial charge in [-0.2, -0.15) is 0 Å². The molecule has 1 aromatic rings. The number of hydrogen-bond acceptors (Lipinski definition) is 4. The fraction of sp³-hybridized carbons (Fsp3) is 0.300. The van der Waals surface area contributed by atoms with E-state index in [1.165, 1.54) is 12.1 Å². The number of aliphatic hydroxyl groups excluding tert-OH is 2. The average molecular weight is 310 g/mol. The Labute approximate surface area is 106 Å². The number of carbonyl (C=O) groups excluding carboxylic acids is 1. The van der Waals surface area contributed by atoms with Crippen LogP contribution >= 0.6 is 27.5 Å². The molecule has 0 radical (unpaired) electrons. The summed E-state index contributed by atoms with van der Waals surface area (Å²) in [7, 11) is 1.13. The van der Waals surface area contributed by atoms with Crippen molar-refractivity contribution in [3.63, 3.8) is 0 Å². The van der Waals surface area contributed by atoms with E-state index in [1.54, 1.807) is 6.07 Å². The molecule has 0 spiro atoms. The van der Waals surface area contributed by atoms with Gasteiger partial charge in [-0.25, -0.2) is 4.79 Å². The van der Waals surface area contributed by atoms with Gasteiger partial charge in [0.1, 0.15) is 6.10 Å². The minimum atomic E-state index is -1.61. The summed E-state index contributed by atoms with van der Waals surface area (Å²) in [5.41, 5.74) is 0.370. The van der Waals surface area contributed by atoms with Crippen molar-refractivity contribution in [1.82, 2.24) is 0 Å². The average Bonchev–Trinajstić information content (AvgIpc) is 2.29. The summed E-state index contributed by atoms with van der Waals surface area (Å²) in [6.07, 6.45) is -2.96. The first-order valence-corrected chi connectivity index (χ1v) is 5.53. The molecule has 88 valence electrons. The summed E-state index contributed by atoms with van der Waals surface area (Å²) >= 11 is 8.95. The molecule has 0 amide bonds. The third-order valence-electron chi connectivity index (χ3n) is 2.03. The molecule has 0 aliphatic carbocycles. The quantitative estimate of drug-likeness (QED) is 0.834. The first kappa shape index (κ1) is 13.4. The molecule has 16 heavy (non-hydrogen) atoms. The van der Waals surface area contributed by atoms with Crippen molar-refractivity contribution >= 4 is 33.5 Å². The molecule has 0 heterocycles. The van der Waals surface area contributed by atoms with E-state index in [2.05, 4.69) is 20.7 Å². The summed E-state index contributed by atoms with van der Waals surface area (Å²) in [6.45, 7) is 0. The summed E-state index contributed by atoms with van der Waals surface area (Å²) in [4.78, 5) is 11.0. The highest BCUT2D eigenvalue weighted by Crippen LogP contribution is 2.27. The molecular weight excluding hydrogens is 299 g/mol. The zero-order valence-corrected chi connectivity index (χ0v) is 10.7. The fourth-order valence-corrected chi connectivity index (χ4v) is 1.64. The maximum Gasteiger partial charge on any atom is 0.337 e. The Hall–Kier alpha value is -0.620. The van der Waals surface area contributed by atoms with Gasteiger partial charge in [0.15, 0.2) is 6.10 Å². The third-order valence-corrected chi connectivity index (χ3v) is 3.24. The van der Waals surface area contributed by atoms with Crippen LogP contribution in [0.25, 0.3) is 0 Å². The maximum absolute atomic E-state index is 11.0. The highest BCUT2D eigenvalue weighted by molar-refractivity contribution is 9.10. The number of benzene rings is 1. The zero-order chi connectivity index (χ0) is 12.3. The van der Waals surface area contributed by atoms with Gasteiger partial charge in [0, 0.05) is 4.47 Å². The van der Waals surface area contributed by atoms with Crippen molar-refractivity contribution in [2.75, 3.05) is 7.11 Å². The van der Waals surface area contributed by atoms with E-state index >= 15 is 0 Å². The summed E-state index contributed by atoms with van der Waals surface area (Å²) in [5, 5.41) is 19.6. The number of halogens is 2.